The van der Waals surface area contributed by atoms with Crippen molar-refractivity contribution in [1.82, 2.24) is 4.72 Å². The third kappa shape index (κ3) is 0.816. The molecule has 0 spiro atoms. The molecule has 0 atom stereocenters. The predicted octanol–water partition coefficient (Wildman–Crippen LogP) is 0.628. The normalized spacial score (nSPS) is 24.0. The quantitative estimate of drug-likeness (QED) is 0.437. The fraction of sp³-hybridized carbons (Fsp3) is 1.00. The highest BCUT2D eigenvalue weighted by Crippen LogP contribution is 2.02. The van der Waals surface area contributed by atoms with E-state index in [-0.39, 0.29) is 0 Å². The van der Waals surface area contributed by atoms with Crippen molar-refractivity contribution in [3.05, 3.63) is 0 Å². The molecule has 0 aromatic rings. The SMILES string of the molecule is C1CNSC1. The molecule has 1 N–H and O–H groups in total. The van der Waals surface area contributed by atoms with E-state index in [4.69, 9.17) is 0 Å². The van der Waals surface area contributed by atoms with Gasteiger partial charge in [-0.1, -0.05) is 11.9 Å². The topological polar surface area (TPSA) is 12.0 Å². The molecule has 30 valence electrons. The van der Waals surface area contributed by atoms with Gasteiger partial charge in [-0.3, -0.25) is 4.72 Å². The van der Waals surface area contributed by atoms with Gasteiger partial charge in [-0.2, -0.15) is 0 Å². The molecule has 1 aliphatic rings. The maximum Gasteiger partial charge on any atom is 0.00910 e. The Hall–Kier alpha value is 0.310. The zero-order chi connectivity index (χ0) is 3.54. The average Bonchev–Trinajstić information content (AvgIpc) is 1.76. The minimum atomic E-state index is 1.21. The summed E-state index contributed by atoms with van der Waals surface area (Å²) in [5.74, 6) is 1.31. The van der Waals surface area contributed by atoms with Crippen LogP contribution in [-0.2, 0) is 0 Å². The van der Waals surface area contributed by atoms with E-state index in [0.29, 0.717) is 0 Å². The molecule has 1 aliphatic heterocycles. The van der Waals surface area contributed by atoms with E-state index >= 15 is 0 Å². The van der Waals surface area contributed by atoms with Gasteiger partial charge in [0.1, 0.15) is 0 Å². The van der Waals surface area contributed by atoms with Crippen LogP contribution < -0.4 is 4.72 Å². The van der Waals surface area contributed by atoms with Gasteiger partial charge in [-0.15, -0.1) is 0 Å². The molecule has 1 nitrogen and oxygen atoms in total. The van der Waals surface area contributed by atoms with E-state index in [0.717, 1.165) is 0 Å². The molecule has 0 aliphatic carbocycles. The van der Waals surface area contributed by atoms with Crippen LogP contribution in [0.5, 0.6) is 0 Å². The van der Waals surface area contributed by atoms with Crippen molar-refractivity contribution < 1.29 is 0 Å². The van der Waals surface area contributed by atoms with Gasteiger partial charge in [0.25, 0.3) is 0 Å². The van der Waals surface area contributed by atoms with E-state index in [1.807, 2.05) is 11.9 Å². The molecular weight excluding hydrogens is 82.1 g/mol. The smallest absolute Gasteiger partial charge is 0.00910 e. The van der Waals surface area contributed by atoms with Crippen molar-refractivity contribution in [2.45, 2.75) is 6.42 Å². The lowest BCUT2D eigenvalue weighted by atomic mass is 10.5. The monoisotopic (exact) mass is 89.0 g/mol. The van der Waals surface area contributed by atoms with E-state index < -0.39 is 0 Å². The Kier molecular flexibility index (Phi) is 1.17. The fourth-order valence-corrected chi connectivity index (χ4v) is 1.08. The van der Waals surface area contributed by atoms with Crippen molar-refractivity contribution in [3.8, 4) is 0 Å². The van der Waals surface area contributed by atoms with Crippen LogP contribution in [-0.4, -0.2) is 12.3 Å². The van der Waals surface area contributed by atoms with Gasteiger partial charge in [0.2, 0.25) is 0 Å². The molecule has 0 unspecified atom stereocenters. The van der Waals surface area contributed by atoms with Crippen LogP contribution in [0.25, 0.3) is 0 Å². The molecule has 1 rings (SSSR count). The molecule has 0 aromatic carbocycles. The lowest BCUT2D eigenvalue weighted by molar-refractivity contribution is 0.940. The zero-order valence-electron chi connectivity index (χ0n) is 3.03. The van der Waals surface area contributed by atoms with Crippen LogP contribution in [0.15, 0.2) is 0 Å². The summed E-state index contributed by atoms with van der Waals surface area (Å²) >= 11 is 1.82. The summed E-state index contributed by atoms with van der Waals surface area (Å²) in [6, 6.07) is 0. The molecule has 0 aromatic heterocycles. The predicted molar refractivity (Wildman–Crippen MR) is 25.1 cm³/mol. The highest BCUT2D eigenvalue weighted by molar-refractivity contribution is 7.97. The maximum atomic E-state index is 3.14. The van der Waals surface area contributed by atoms with Crippen molar-refractivity contribution >= 4 is 11.9 Å². The van der Waals surface area contributed by atoms with Crippen molar-refractivity contribution in [3.63, 3.8) is 0 Å². The van der Waals surface area contributed by atoms with Gasteiger partial charge in [0, 0.05) is 12.3 Å². The van der Waals surface area contributed by atoms with Crippen molar-refractivity contribution in [2.24, 2.45) is 0 Å². The molecule has 0 bridgehead atoms. The number of hydrogen-bond donors (Lipinski definition) is 1. The Labute approximate surface area is 36.3 Å². The second-order valence-electron chi connectivity index (χ2n) is 1.10. The number of nitrogens with one attached hydrogen (secondary N) is 1. The van der Waals surface area contributed by atoms with Gasteiger partial charge < -0.3 is 0 Å². The van der Waals surface area contributed by atoms with Crippen molar-refractivity contribution in [1.29, 1.82) is 0 Å². The summed E-state index contributed by atoms with van der Waals surface area (Å²) in [7, 11) is 0. The van der Waals surface area contributed by atoms with Crippen LogP contribution in [0.1, 0.15) is 6.42 Å². The van der Waals surface area contributed by atoms with Gasteiger partial charge in [-0.25, -0.2) is 0 Å². The second kappa shape index (κ2) is 1.67. The van der Waals surface area contributed by atoms with Gasteiger partial charge >= 0.3 is 0 Å². The first-order valence-corrected chi connectivity index (χ1v) is 2.83. The van der Waals surface area contributed by atoms with Crippen LogP contribution in [0.3, 0.4) is 0 Å². The minimum absolute atomic E-state index is 1.21. The molecule has 1 heterocycles. The van der Waals surface area contributed by atoms with Crippen LogP contribution >= 0.6 is 11.9 Å². The Bertz CT molecular complexity index is 18.5. The maximum absolute atomic E-state index is 3.14. The average molecular weight is 89.2 g/mol. The standard InChI is InChI=1S/C3H7NS/c1-2-4-5-3-1/h4H,1-3H2. The first-order chi connectivity index (χ1) is 2.50. The largest absolute Gasteiger partial charge is 0.264 e. The Balaban J connectivity index is 2.08. The van der Waals surface area contributed by atoms with E-state index in [1.54, 1.807) is 0 Å². The highest BCUT2D eigenvalue weighted by atomic mass is 32.2. The summed E-state index contributed by atoms with van der Waals surface area (Å²) in [6.07, 6.45) is 1.35. The van der Waals surface area contributed by atoms with Gasteiger partial charge in [0.05, 0.1) is 0 Å². The Morgan fingerprint density at radius 3 is 2.80 bits per heavy atom. The highest BCUT2D eigenvalue weighted by Gasteiger charge is 1.94. The fourth-order valence-electron chi connectivity index (χ4n) is 0.361. The van der Waals surface area contributed by atoms with E-state index in [2.05, 4.69) is 4.72 Å². The summed E-state index contributed by atoms with van der Waals surface area (Å²) < 4.78 is 3.14. The van der Waals surface area contributed by atoms with E-state index in [1.165, 1.54) is 18.7 Å². The lowest BCUT2D eigenvalue weighted by Gasteiger charge is -1.75. The van der Waals surface area contributed by atoms with Gasteiger partial charge in [0.15, 0.2) is 0 Å². The molecule has 5 heavy (non-hydrogen) atoms. The molecular formula is C3H7NS. The minimum Gasteiger partial charge on any atom is -0.264 e. The Morgan fingerprint density at radius 1 is 1.60 bits per heavy atom. The first kappa shape index (κ1) is 3.50. The summed E-state index contributed by atoms with van der Waals surface area (Å²) in [5.41, 5.74) is 0. The molecule has 0 saturated carbocycles. The van der Waals surface area contributed by atoms with Crippen LogP contribution in [0.4, 0.5) is 0 Å². The van der Waals surface area contributed by atoms with Crippen LogP contribution in [0.2, 0.25) is 0 Å². The summed E-state index contributed by atoms with van der Waals surface area (Å²) in [5, 5.41) is 0. The first-order valence-electron chi connectivity index (χ1n) is 1.85. The summed E-state index contributed by atoms with van der Waals surface area (Å²) in [6.45, 7) is 1.21. The van der Waals surface area contributed by atoms with Gasteiger partial charge in [-0.05, 0) is 6.42 Å². The molecule has 1 fully saturated rings. The second-order valence-corrected chi connectivity index (χ2v) is 2.08. The van der Waals surface area contributed by atoms with Crippen LogP contribution in [0, 0.1) is 0 Å². The third-order valence-electron chi connectivity index (χ3n) is 0.627. The van der Waals surface area contributed by atoms with Crippen molar-refractivity contribution in [2.75, 3.05) is 12.3 Å². The number of hydrogen-bond acceptors (Lipinski definition) is 2. The Morgan fingerprint density at radius 2 is 2.60 bits per heavy atom. The molecule has 0 radical (unpaired) electrons. The lowest BCUT2D eigenvalue weighted by Crippen LogP contribution is -1.91. The third-order valence-corrected chi connectivity index (χ3v) is 1.53. The molecule has 1 saturated heterocycles. The van der Waals surface area contributed by atoms with E-state index in [9.17, 15) is 0 Å². The number of rotatable bonds is 0. The molecule has 0 amide bonds. The molecule has 2 heteroatoms. The summed E-state index contributed by atoms with van der Waals surface area (Å²) in [4.78, 5) is 0. The zero-order valence-corrected chi connectivity index (χ0v) is 3.85.